The minimum Gasteiger partial charge on any atom is -0.388 e. The Morgan fingerprint density at radius 2 is 2.00 bits per heavy atom. The largest absolute Gasteiger partial charge is 0.388 e. The minimum atomic E-state index is 0.291. The molecule has 3 nitrogen and oxygen atoms in total. The first kappa shape index (κ1) is 10.4. The Morgan fingerprint density at radius 3 is 2.36 bits per heavy atom. The van der Waals surface area contributed by atoms with Gasteiger partial charge in [-0.05, 0) is 19.5 Å². The highest BCUT2D eigenvalue weighted by atomic mass is 15.1. The Kier molecular flexibility index (Phi) is 5.84. The summed E-state index contributed by atoms with van der Waals surface area (Å²) in [6.07, 6.45) is 1.87. The first-order valence-corrected chi connectivity index (χ1v) is 4.26. The van der Waals surface area contributed by atoms with Crippen LogP contribution in [0.3, 0.4) is 0 Å². The van der Waals surface area contributed by atoms with Crippen molar-refractivity contribution in [3.05, 3.63) is 0 Å². The molecular weight excluding hydrogens is 138 g/mol. The molecule has 0 aliphatic rings. The summed E-state index contributed by atoms with van der Waals surface area (Å²) in [7, 11) is 0. The van der Waals surface area contributed by atoms with Gasteiger partial charge < -0.3 is 10.6 Å². The van der Waals surface area contributed by atoms with Crippen molar-refractivity contribution in [2.45, 2.75) is 26.7 Å². The van der Waals surface area contributed by atoms with Crippen LogP contribution in [0.5, 0.6) is 0 Å². The lowest BCUT2D eigenvalue weighted by Crippen LogP contribution is -2.28. The number of rotatable bonds is 6. The van der Waals surface area contributed by atoms with E-state index in [1.54, 1.807) is 0 Å². The van der Waals surface area contributed by atoms with Crippen LogP contribution in [0.4, 0.5) is 0 Å². The number of nitrogens with two attached hydrogens (primary N) is 1. The van der Waals surface area contributed by atoms with Crippen LogP contribution in [0.1, 0.15) is 26.7 Å². The van der Waals surface area contributed by atoms with Gasteiger partial charge in [-0.1, -0.05) is 13.8 Å². The summed E-state index contributed by atoms with van der Waals surface area (Å²) in [6, 6.07) is 0. The van der Waals surface area contributed by atoms with Crippen molar-refractivity contribution in [2.75, 3.05) is 19.6 Å². The van der Waals surface area contributed by atoms with Crippen LogP contribution in [0, 0.1) is 5.41 Å². The fourth-order valence-electron chi connectivity index (χ4n) is 1.02. The van der Waals surface area contributed by atoms with E-state index in [1.165, 1.54) is 6.42 Å². The fraction of sp³-hybridized carbons (Fsp3) is 0.875. The SMILES string of the molecule is CCCN(CC)CCC(=N)N. The van der Waals surface area contributed by atoms with Crippen LogP contribution in [-0.4, -0.2) is 30.4 Å². The molecule has 0 saturated carbocycles. The average Bonchev–Trinajstić information content (AvgIpc) is 1.97. The lowest BCUT2D eigenvalue weighted by atomic mass is 10.3. The summed E-state index contributed by atoms with van der Waals surface area (Å²) >= 11 is 0. The molecule has 0 saturated heterocycles. The van der Waals surface area contributed by atoms with Gasteiger partial charge in [0, 0.05) is 13.0 Å². The second-order valence-corrected chi connectivity index (χ2v) is 2.71. The van der Waals surface area contributed by atoms with Gasteiger partial charge in [0.1, 0.15) is 0 Å². The number of nitrogens with zero attached hydrogens (tertiary/aromatic N) is 1. The first-order valence-electron chi connectivity index (χ1n) is 4.26. The smallest absolute Gasteiger partial charge is 0.0918 e. The lowest BCUT2D eigenvalue weighted by molar-refractivity contribution is 0.297. The third-order valence-electron chi connectivity index (χ3n) is 1.68. The second kappa shape index (κ2) is 6.16. The van der Waals surface area contributed by atoms with E-state index in [-0.39, 0.29) is 0 Å². The van der Waals surface area contributed by atoms with E-state index in [0.29, 0.717) is 12.3 Å². The van der Waals surface area contributed by atoms with Gasteiger partial charge in [0.05, 0.1) is 5.84 Å². The molecule has 0 bridgehead atoms. The maximum Gasteiger partial charge on any atom is 0.0918 e. The van der Waals surface area contributed by atoms with Crippen LogP contribution in [0.25, 0.3) is 0 Å². The van der Waals surface area contributed by atoms with Gasteiger partial charge in [0.2, 0.25) is 0 Å². The van der Waals surface area contributed by atoms with E-state index < -0.39 is 0 Å². The molecule has 0 amide bonds. The van der Waals surface area contributed by atoms with Crippen molar-refractivity contribution in [1.82, 2.24) is 4.90 Å². The van der Waals surface area contributed by atoms with E-state index in [9.17, 15) is 0 Å². The van der Waals surface area contributed by atoms with Crippen LogP contribution in [-0.2, 0) is 0 Å². The van der Waals surface area contributed by atoms with Gasteiger partial charge in [0.15, 0.2) is 0 Å². The van der Waals surface area contributed by atoms with E-state index >= 15 is 0 Å². The predicted octanol–water partition coefficient (Wildman–Crippen LogP) is 1.04. The molecule has 0 heterocycles. The average molecular weight is 157 g/mol. The summed E-state index contributed by atoms with van der Waals surface area (Å²) < 4.78 is 0. The Labute approximate surface area is 69.1 Å². The molecule has 0 aromatic heterocycles. The molecule has 66 valence electrons. The standard InChI is InChI=1S/C8H19N3/c1-3-6-11(4-2)7-5-8(9)10/h3-7H2,1-2H3,(H3,9,10). The van der Waals surface area contributed by atoms with Gasteiger partial charge in [-0.3, -0.25) is 5.41 Å². The van der Waals surface area contributed by atoms with Crippen LogP contribution < -0.4 is 5.73 Å². The van der Waals surface area contributed by atoms with Gasteiger partial charge in [0.25, 0.3) is 0 Å². The molecule has 0 aromatic carbocycles. The predicted molar refractivity (Wildman–Crippen MR) is 48.9 cm³/mol. The number of amidine groups is 1. The monoisotopic (exact) mass is 157 g/mol. The normalized spacial score (nSPS) is 10.5. The van der Waals surface area contributed by atoms with Crippen molar-refractivity contribution in [1.29, 1.82) is 5.41 Å². The molecule has 0 aliphatic heterocycles. The van der Waals surface area contributed by atoms with Gasteiger partial charge in [-0.15, -0.1) is 0 Å². The summed E-state index contributed by atoms with van der Waals surface area (Å²) in [4.78, 5) is 2.31. The molecule has 3 heteroatoms. The summed E-state index contributed by atoms with van der Waals surface area (Å²) in [5.41, 5.74) is 5.25. The zero-order chi connectivity index (χ0) is 8.69. The molecule has 0 rings (SSSR count). The van der Waals surface area contributed by atoms with Crippen molar-refractivity contribution >= 4 is 5.84 Å². The van der Waals surface area contributed by atoms with Crippen molar-refractivity contribution in [3.8, 4) is 0 Å². The highest BCUT2D eigenvalue weighted by Crippen LogP contribution is 1.92. The maximum absolute atomic E-state index is 7.05. The quantitative estimate of drug-likeness (QED) is 0.447. The molecule has 11 heavy (non-hydrogen) atoms. The minimum absolute atomic E-state index is 0.291. The van der Waals surface area contributed by atoms with Crippen molar-refractivity contribution in [2.24, 2.45) is 5.73 Å². The van der Waals surface area contributed by atoms with Crippen LogP contribution >= 0.6 is 0 Å². The number of hydrogen-bond acceptors (Lipinski definition) is 2. The lowest BCUT2D eigenvalue weighted by Gasteiger charge is -2.18. The second-order valence-electron chi connectivity index (χ2n) is 2.71. The molecule has 0 aromatic rings. The third kappa shape index (κ3) is 5.85. The highest BCUT2D eigenvalue weighted by molar-refractivity contribution is 5.76. The molecule has 0 spiro atoms. The Hall–Kier alpha value is -0.570. The molecule has 0 atom stereocenters. The number of nitrogens with one attached hydrogen (secondary N) is 1. The molecule has 0 fully saturated rings. The molecule has 0 radical (unpaired) electrons. The molecule has 0 aliphatic carbocycles. The van der Waals surface area contributed by atoms with E-state index in [4.69, 9.17) is 11.1 Å². The third-order valence-corrected chi connectivity index (χ3v) is 1.68. The Balaban J connectivity index is 3.43. The van der Waals surface area contributed by atoms with Crippen molar-refractivity contribution in [3.63, 3.8) is 0 Å². The summed E-state index contributed by atoms with van der Waals surface area (Å²) in [6.45, 7) is 7.40. The summed E-state index contributed by atoms with van der Waals surface area (Å²) in [5, 5.41) is 7.05. The fourth-order valence-corrected chi connectivity index (χ4v) is 1.02. The zero-order valence-corrected chi connectivity index (χ0v) is 7.56. The molecule has 0 unspecified atom stereocenters. The van der Waals surface area contributed by atoms with E-state index in [0.717, 1.165) is 19.6 Å². The van der Waals surface area contributed by atoms with Crippen LogP contribution in [0.15, 0.2) is 0 Å². The number of hydrogen-bond donors (Lipinski definition) is 2. The Morgan fingerprint density at radius 1 is 1.36 bits per heavy atom. The van der Waals surface area contributed by atoms with Crippen molar-refractivity contribution < 1.29 is 0 Å². The highest BCUT2D eigenvalue weighted by Gasteiger charge is 1.99. The molecular formula is C8H19N3. The van der Waals surface area contributed by atoms with Gasteiger partial charge >= 0.3 is 0 Å². The van der Waals surface area contributed by atoms with Gasteiger partial charge in [-0.2, -0.15) is 0 Å². The zero-order valence-electron chi connectivity index (χ0n) is 7.56. The topological polar surface area (TPSA) is 53.1 Å². The summed E-state index contributed by atoms with van der Waals surface area (Å²) in [5.74, 6) is 0.291. The molecule has 3 N–H and O–H groups in total. The Bertz CT molecular complexity index is 112. The van der Waals surface area contributed by atoms with E-state index in [1.807, 2.05) is 0 Å². The van der Waals surface area contributed by atoms with Crippen LogP contribution in [0.2, 0.25) is 0 Å². The van der Waals surface area contributed by atoms with E-state index in [2.05, 4.69) is 18.7 Å². The maximum atomic E-state index is 7.05. The van der Waals surface area contributed by atoms with Gasteiger partial charge in [-0.25, -0.2) is 0 Å². The first-order chi connectivity index (χ1) is 5.20.